The molecule has 2 aromatic heterocycles. The second kappa shape index (κ2) is 4.10. The van der Waals surface area contributed by atoms with Crippen molar-refractivity contribution >= 4 is 21.6 Å². The Bertz CT molecular complexity index is 633. The molecule has 17 heavy (non-hydrogen) atoms. The zero-order valence-corrected chi connectivity index (χ0v) is 9.86. The quantitative estimate of drug-likeness (QED) is 0.757. The summed E-state index contributed by atoms with van der Waals surface area (Å²) < 4.78 is 10.5. The predicted octanol–water partition coefficient (Wildman–Crippen LogP) is 1.41. The summed E-state index contributed by atoms with van der Waals surface area (Å²) in [4.78, 5) is 0. The number of methoxy groups -OCH3 is 1. The van der Waals surface area contributed by atoms with Crippen LogP contribution >= 0.6 is 11.5 Å². The van der Waals surface area contributed by atoms with Crippen molar-refractivity contribution < 1.29 is 4.74 Å². The standard InChI is InChI=1S/C10H9N5OS/c1-16-10-7-4-6(2-3-8(7)17-13-10)5-9-11-14-15-12-9/h2-4H,5H2,1H3,(H,11,12,14,15). The summed E-state index contributed by atoms with van der Waals surface area (Å²) in [5.41, 5.74) is 1.11. The molecule has 0 radical (unpaired) electrons. The zero-order chi connectivity index (χ0) is 11.7. The van der Waals surface area contributed by atoms with Crippen LogP contribution in [0, 0.1) is 0 Å². The van der Waals surface area contributed by atoms with Crippen molar-refractivity contribution in [2.24, 2.45) is 0 Å². The Morgan fingerprint density at radius 2 is 2.35 bits per heavy atom. The van der Waals surface area contributed by atoms with E-state index in [1.165, 1.54) is 11.5 Å². The summed E-state index contributed by atoms with van der Waals surface area (Å²) in [5, 5.41) is 14.9. The van der Waals surface area contributed by atoms with Gasteiger partial charge >= 0.3 is 0 Å². The lowest BCUT2D eigenvalue weighted by molar-refractivity contribution is 0.407. The monoisotopic (exact) mass is 247 g/mol. The molecule has 3 aromatic rings. The average molecular weight is 247 g/mol. The molecule has 86 valence electrons. The van der Waals surface area contributed by atoms with Crippen molar-refractivity contribution in [2.75, 3.05) is 7.11 Å². The Kier molecular flexibility index (Phi) is 2.45. The number of nitrogens with one attached hydrogen (secondary N) is 1. The van der Waals surface area contributed by atoms with E-state index in [2.05, 4.69) is 25.0 Å². The van der Waals surface area contributed by atoms with Crippen molar-refractivity contribution in [3.63, 3.8) is 0 Å². The molecular weight excluding hydrogens is 238 g/mol. The number of H-pyrrole nitrogens is 1. The third kappa shape index (κ3) is 1.84. The molecular formula is C10H9N5OS. The van der Waals surface area contributed by atoms with E-state index in [-0.39, 0.29) is 0 Å². The van der Waals surface area contributed by atoms with Crippen LogP contribution in [-0.2, 0) is 6.42 Å². The van der Waals surface area contributed by atoms with E-state index < -0.39 is 0 Å². The van der Waals surface area contributed by atoms with Crippen LogP contribution in [0.3, 0.4) is 0 Å². The molecule has 0 spiro atoms. The molecule has 2 heterocycles. The van der Waals surface area contributed by atoms with Crippen LogP contribution in [0.1, 0.15) is 11.4 Å². The van der Waals surface area contributed by atoms with Crippen LogP contribution in [0.5, 0.6) is 5.88 Å². The number of ether oxygens (including phenoxy) is 1. The number of aromatic amines is 1. The van der Waals surface area contributed by atoms with Gasteiger partial charge in [-0.05, 0) is 29.2 Å². The highest BCUT2D eigenvalue weighted by atomic mass is 32.1. The fourth-order valence-corrected chi connectivity index (χ4v) is 2.39. The van der Waals surface area contributed by atoms with E-state index in [1.54, 1.807) is 7.11 Å². The van der Waals surface area contributed by atoms with Gasteiger partial charge in [-0.2, -0.15) is 9.59 Å². The van der Waals surface area contributed by atoms with Gasteiger partial charge in [-0.25, -0.2) is 0 Å². The highest BCUT2D eigenvalue weighted by Crippen LogP contribution is 2.29. The first kappa shape index (κ1) is 10.2. The minimum atomic E-state index is 0.644. The number of fused-ring (bicyclic) bond motifs is 1. The molecule has 0 unspecified atom stereocenters. The average Bonchev–Trinajstić information content (AvgIpc) is 2.97. The molecule has 3 rings (SSSR count). The van der Waals surface area contributed by atoms with Crippen molar-refractivity contribution in [3.8, 4) is 5.88 Å². The van der Waals surface area contributed by atoms with Gasteiger partial charge in [0.25, 0.3) is 0 Å². The molecule has 0 amide bonds. The van der Waals surface area contributed by atoms with E-state index >= 15 is 0 Å². The predicted molar refractivity (Wildman–Crippen MR) is 63.2 cm³/mol. The Hall–Kier alpha value is -2.02. The van der Waals surface area contributed by atoms with Gasteiger partial charge in [0.15, 0.2) is 5.82 Å². The van der Waals surface area contributed by atoms with Gasteiger partial charge in [0.2, 0.25) is 5.88 Å². The number of benzene rings is 1. The molecule has 6 nitrogen and oxygen atoms in total. The van der Waals surface area contributed by atoms with E-state index in [0.29, 0.717) is 18.1 Å². The van der Waals surface area contributed by atoms with Crippen LogP contribution in [0.15, 0.2) is 18.2 Å². The Labute approximate surface area is 101 Å². The first-order chi connectivity index (χ1) is 8.36. The van der Waals surface area contributed by atoms with Gasteiger partial charge < -0.3 is 4.74 Å². The fraction of sp³-hybridized carbons (Fsp3) is 0.200. The number of nitrogens with zero attached hydrogens (tertiary/aromatic N) is 4. The van der Waals surface area contributed by atoms with Crippen LogP contribution < -0.4 is 4.74 Å². The summed E-state index contributed by atoms with van der Waals surface area (Å²) in [5.74, 6) is 1.34. The highest BCUT2D eigenvalue weighted by Gasteiger charge is 2.08. The molecule has 0 aliphatic rings. The number of hydrogen-bond acceptors (Lipinski definition) is 6. The maximum Gasteiger partial charge on any atom is 0.232 e. The maximum absolute atomic E-state index is 5.21. The molecule has 7 heteroatoms. The number of tetrazole rings is 1. The van der Waals surface area contributed by atoms with Crippen LogP contribution in [0.4, 0.5) is 0 Å². The molecule has 1 N–H and O–H groups in total. The van der Waals surface area contributed by atoms with Gasteiger partial charge in [0, 0.05) is 6.42 Å². The maximum atomic E-state index is 5.21. The third-order valence-electron chi connectivity index (χ3n) is 2.45. The minimum Gasteiger partial charge on any atom is -0.480 e. The summed E-state index contributed by atoms with van der Waals surface area (Å²) in [6, 6.07) is 6.12. The lowest BCUT2D eigenvalue weighted by Gasteiger charge is -1.98. The Morgan fingerprint density at radius 1 is 1.41 bits per heavy atom. The van der Waals surface area contributed by atoms with Crippen molar-refractivity contribution in [1.29, 1.82) is 0 Å². The summed E-state index contributed by atoms with van der Waals surface area (Å²) in [6.45, 7) is 0. The van der Waals surface area contributed by atoms with Gasteiger partial charge in [0.1, 0.15) is 0 Å². The van der Waals surface area contributed by atoms with E-state index in [1.807, 2.05) is 18.2 Å². The zero-order valence-electron chi connectivity index (χ0n) is 9.04. The van der Waals surface area contributed by atoms with E-state index in [4.69, 9.17) is 4.74 Å². The molecule has 0 aliphatic heterocycles. The van der Waals surface area contributed by atoms with Gasteiger partial charge in [-0.3, -0.25) is 0 Å². The summed E-state index contributed by atoms with van der Waals surface area (Å²) >= 11 is 1.43. The van der Waals surface area contributed by atoms with Gasteiger partial charge in [0.05, 0.1) is 17.2 Å². The van der Waals surface area contributed by atoms with Crippen molar-refractivity contribution in [3.05, 3.63) is 29.6 Å². The van der Waals surface area contributed by atoms with Crippen molar-refractivity contribution in [2.45, 2.75) is 6.42 Å². The summed E-state index contributed by atoms with van der Waals surface area (Å²) in [7, 11) is 1.63. The number of hydrogen-bond donors (Lipinski definition) is 1. The molecule has 0 aliphatic carbocycles. The first-order valence-corrected chi connectivity index (χ1v) is 5.79. The van der Waals surface area contributed by atoms with Gasteiger partial charge in [-0.1, -0.05) is 11.3 Å². The number of rotatable bonds is 3. The topological polar surface area (TPSA) is 76.6 Å². The Morgan fingerprint density at radius 3 is 3.12 bits per heavy atom. The number of aromatic nitrogens is 5. The van der Waals surface area contributed by atoms with Crippen molar-refractivity contribution in [1.82, 2.24) is 25.0 Å². The highest BCUT2D eigenvalue weighted by molar-refractivity contribution is 7.13. The van der Waals surface area contributed by atoms with E-state index in [0.717, 1.165) is 15.6 Å². The largest absolute Gasteiger partial charge is 0.480 e. The normalized spacial score (nSPS) is 10.9. The van der Waals surface area contributed by atoms with Crippen LogP contribution in [-0.4, -0.2) is 32.1 Å². The smallest absolute Gasteiger partial charge is 0.232 e. The third-order valence-corrected chi connectivity index (χ3v) is 3.26. The lowest BCUT2D eigenvalue weighted by Crippen LogP contribution is -1.91. The second-order valence-electron chi connectivity index (χ2n) is 3.53. The molecule has 0 atom stereocenters. The first-order valence-electron chi connectivity index (χ1n) is 5.01. The second-order valence-corrected chi connectivity index (χ2v) is 4.33. The van der Waals surface area contributed by atoms with Crippen LogP contribution in [0.25, 0.3) is 10.1 Å². The molecule has 0 saturated heterocycles. The van der Waals surface area contributed by atoms with Gasteiger partial charge in [-0.15, -0.1) is 10.2 Å². The molecule has 1 aromatic carbocycles. The minimum absolute atomic E-state index is 0.644. The summed E-state index contributed by atoms with van der Waals surface area (Å²) in [6.07, 6.45) is 0.644. The SMILES string of the molecule is COc1nsc2ccc(Cc3nn[nH]n3)cc12. The molecule has 0 fully saturated rings. The lowest BCUT2D eigenvalue weighted by atomic mass is 10.1. The molecule has 0 bridgehead atoms. The van der Waals surface area contributed by atoms with E-state index in [9.17, 15) is 0 Å². The fourth-order valence-electron chi connectivity index (χ4n) is 1.66. The van der Waals surface area contributed by atoms with Crippen LogP contribution in [0.2, 0.25) is 0 Å². The Balaban J connectivity index is 2.00. The molecule has 0 saturated carbocycles.